The third kappa shape index (κ3) is 4.42. The predicted molar refractivity (Wildman–Crippen MR) is 141 cm³/mol. The summed E-state index contributed by atoms with van der Waals surface area (Å²) in [6, 6.07) is 19.6. The number of hydrogen-bond donors (Lipinski definition) is 1. The molecule has 1 atom stereocenters. The summed E-state index contributed by atoms with van der Waals surface area (Å²) in [5.41, 5.74) is 1.34. The van der Waals surface area contributed by atoms with Gasteiger partial charge in [0.05, 0.1) is 25.3 Å². The van der Waals surface area contributed by atoms with Crippen molar-refractivity contribution in [3.05, 3.63) is 100 Å². The Balaban J connectivity index is 1.65. The summed E-state index contributed by atoms with van der Waals surface area (Å²) >= 11 is 6.09. The average Bonchev–Trinajstić information content (AvgIpc) is 3.45. The number of ketones is 1. The van der Waals surface area contributed by atoms with Gasteiger partial charge in [-0.2, -0.15) is 0 Å². The topological polar surface area (TPSA) is 89.2 Å². The van der Waals surface area contributed by atoms with Crippen LogP contribution in [0.5, 0.6) is 11.5 Å². The van der Waals surface area contributed by atoms with Crippen LogP contribution in [-0.2, 0) is 4.79 Å². The van der Waals surface area contributed by atoms with E-state index in [-0.39, 0.29) is 11.3 Å². The van der Waals surface area contributed by atoms with Crippen LogP contribution in [0.4, 0.5) is 5.69 Å². The fraction of sp³-hybridized carbons (Fsp3) is 0.172. The molecule has 37 heavy (non-hydrogen) atoms. The third-order valence-electron chi connectivity index (χ3n) is 6.16. The van der Waals surface area contributed by atoms with Gasteiger partial charge in [-0.15, -0.1) is 0 Å². The summed E-state index contributed by atoms with van der Waals surface area (Å²) in [6.07, 6.45) is 0.820. The number of aliphatic hydroxyl groups excluding tert-OH is 1. The van der Waals surface area contributed by atoms with Gasteiger partial charge < -0.3 is 19.0 Å². The molecule has 188 valence electrons. The Morgan fingerprint density at radius 3 is 2.68 bits per heavy atom. The van der Waals surface area contributed by atoms with E-state index < -0.39 is 23.5 Å². The Kier molecular flexibility index (Phi) is 6.63. The number of carbonyl (C=O) groups is 2. The molecular formula is C29H24ClNO6. The average molecular weight is 518 g/mol. The largest absolute Gasteiger partial charge is 0.503 e. The Labute approximate surface area is 218 Å². The van der Waals surface area contributed by atoms with Crippen LogP contribution in [-0.4, -0.2) is 30.5 Å². The molecule has 0 radical (unpaired) electrons. The number of halogens is 1. The van der Waals surface area contributed by atoms with Gasteiger partial charge in [-0.1, -0.05) is 42.8 Å². The molecule has 1 unspecified atom stereocenters. The van der Waals surface area contributed by atoms with E-state index in [0.717, 1.165) is 6.42 Å². The molecule has 0 aliphatic carbocycles. The molecule has 1 N–H and O–H groups in total. The van der Waals surface area contributed by atoms with E-state index >= 15 is 0 Å². The number of benzene rings is 3. The molecule has 0 saturated carbocycles. The summed E-state index contributed by atoms with van der Waals surface area (Å²) in [6.45, 7) is 2.51. The van der Waals surface area contributed by atoms with E-state index in [9.17, 15) is 14.7 Å². The predicted octanol–water partition coefficient (Wildman–Crippen LogP) is 6.67. The first-order valence-electron chi connectivity index (χ1n) is 11.8. The quantitative estimate of drug-likeness (QED) is 0.263. The lowest BCUT2D eigenvalue weighted by Crippen LogP contribution is -2.31. The molecule has 0 saturated heterocycles. The minimum atomic E-state index is -0.977. The van der Waals surface area contributed by atoms with Gasteiger partial charge in [0.15, 0.2) is 11.5 Å². The molecular weight excluding hydrogens is 494 g/mol. The Morgan fingerprint density at radius 2 is 1.89 bits per heavy atom. The Bertz CT molecular complexity index is 1540. The van der Waals surface area contributed by atoms with Crippen LogP contribution in [0.2, 0.25) is 5.02 Å². The number of aliphatic hydroxyl groups is 1. The first-order chi connectivity index (χ1) is 17.9. The number of fused-ring (bicyclic) bond motifs is 1. The van der Waals surface area contributed by atoms with Gasteiger partial charge in [0, 0.05) is 27.7 Å². The first-order valence-corrected chi connectivity index (χ1v) is 12.2. The Hall–Kier alpha value is -4.23. The summed E-state index contributed by atoms with van der Waals surface area (Å²) in [4.78, 5) is 28.7. The van der Waals surface area contributed by atoms with Crippen LogP contribution >= 0.6 is 11.6 Å². The standard InChI is InChI=1S/C29H24ClNO6/c1-3-13-36-20-8-6-7-19(16-20)31-26(21-9-4-5-10-23(21)35-2)25(28(33)29(31)34)27(32)24-15-17-14-18(30)11-12-22(17)37-24/h4-12,14-16,26,33H,3,13H2,1-2H3. The second kappa shape index (κ2) is 10.0. The van der Waals surface area contributed by atoms with Crippen LogP contribution < -0.4 is 14.4 Å². The lowest BCUT2D eigenvalue weighted by Gasteiger charge is -2.28. The van der Waals surface area contributed by atoms with E-state index in [4.69, 9.17) is 25.5 Å². The van der Waals surface area contributed by atoms with Crippen LogP contribution in [0.3, 0.4) is 0 Å². The van der Waals surface area contributed by atoms with Gasteiger partial charge >= 0.3 is 0 Å². The van der Waals surface area contributed by atoms with Crippen molar-refractivity contribution in [2.24, 2.45) is 0 Å². The van der Waals surface area contributed by atoms with E-state index in [1.54, 1.807) is 72.8 Å². The lowest BCUT2D eigenvalue weighted by molar-refractivity contribution is -0.117. The van der Waals surface area contributed by atoms with Crippen LogP contribution in [0.1, 0.15) is 35.5 Å². The highest BCUT2D eigenvalue weighted by molar-refractivity contribution is 6.31. The van der Waals surface area contributed by atoms with Crippen LogP contribution in [0.25, 0.3) is 11.0 Å². The fourth-order valence-electron chi connectivity index (χ4n) is 4.49. The Morgan fingerprint density at radius 1 is 1.08 bits per heavy atom. The highest BCUT2D eigenvalue weighted by atomic mass is 35.5. The normalized spacial score (nSPS) is 15.5. The maximum absolute atomic E-state index is 13.8. The molecule has 1 aliphatic heterocycles. The molecule has 0 spiro atoms. The van der Waals surface area contributed by atoms with Gasteiger partial charge in [0.25, 0.3) is 5.91 Å². The molecule has 0 fully saturated rings. The minimum Gasteiger partial charge on any atom is -0.503 e. The number of anilines is 1. The van der Waals surface area contributed by atoms with Crippen molar-refractivity contribution in [2.45, 2.75) is 19.4 Å². The molecule has 1 aromatic heterocycles. The SMILES string of the molecule is CCCOc1cccc(N2C(=O)C(O)=C(C(=O)c3cc4cc(Cl)ccc4o3)C2c2ccccc2OC)c1. The van der Waals surface area contributed by atoms with Gasteiger partial charge in [0.2, 0.25) is 5.78 Å². The van der Waals surface area contributed by atoms with Crippen LogP contribution in [0.15, 0.2) is 88.5 Å². The number of Topliss-reactive ketones (excluding diaryl/α,β-unsaturated/α-hetero) is 1. The van der Waals surface area contributed by atoms with E-state index in [1.165, 1.54) is 12.0 Å². The molecule has 1 amide bonds. The highest BCUT2D eigenvalue weighted by Gasteiger charge is 2.46. The van der Waals surface area contributed by atoms with Crippen LogP contribution in [0, 0.1) is 0 Å². The zero-order valence-corrected chi connectivity index (χ0v) is 21.0. The molecule has 3 aromatic carbocycles. The van der Waals surface area contributed by atoms with Gasteiger partial charge in [-0.05, 0) is 48.9 Å². The van der Waals surface area contributed by atoms with Crippen molar-refractivity contribution >= 4 is 39.9 Å². The van der Waals surface area contributed by atoms with E-state index in [2.05, 4.69) is 0 Å². The zero-order valence-electron chi connectivity index (χ0n) is 20.2. The van der Waals surface area contributed by atoms with Crippen molar-refractivity contribution in [1.82, 2.24) is 0 Å². The first kappa shape index (κ1) is 24.5. The zero-order chi connectivity index (χ0) is 26.1. The summed E-state index contributed by atoms with van der Waals surface area (Å²) in [7, 11) is 1.51. The smallest absolute Gasteiger partial charge is 0.294 e. The number of hydrogen-bond acceptors (Lipinski definition) is 6. The van der Waals surface area contributed by atoms with Crippen molar-refractivity contribution in [1.29, 1.82) is 0 Å². The summed E-state index contributed by atoms with van der Waals surface area (Å²) in [5, 5.41) is 12.2. The minimum absolute atomic E-state index is 0.0200. The number of ether oxygens (including phenoxy) is 2. The number of para-hydroxylation sites is 1. The molecule has 8 heteroatoms. The number of carbonyl (C=O) groups excluding carboxylic acids is 2. The second-order valence-corrected chi connectivity index (χ2v) is 8.99. The van der Waals surface area contributed by atoms with E-state index in [1.807, 2.05) is 6.92 Å². The molecule has 7 nitrogen and oxygen atoms in total. The molecule has 0 bridgehead atoms. The molecule has 1 aliphatic rings. The number of methoxy groups -OCH3 is 1. The monoisotopic (exact) mass is 517 g/mol. The van der Waals surface area contributed by atoms with Gasteiger partial charge in [-0.25, -0.2) is 0 Å². The number of amides is 1. The van der Waals surface area contributed by atoms with E-state index in [0.29, 0.717) is 45.3 Å². The second-order valence-electron chi connectivity index (χ2n) is 8.55. The highest BCUT2D eigenvalue weighted by Crippen LogP contribution is 2.45. The number of furan rings is 1. The van der Waals surface area contributed by atoms with Crippen molar-refractivity contribution in [2.75, 3.05) is 18.6 Å². The molecule has 5 rings (SSSR count). The fourth-order valence-corrected chi connectivity index (χ4v) is 4.67. The number of nitrogens with zero attached hydrogens (tertiary/aromatic N) is 1. The van der Waals surface area contributed by atoms with Crippen molar-refractivity contribution in [3.8, 4) is 11.5 Å². The van der Waals surface area contributed by atoms with Gasteiger partial charge in [0.1, 0.15) is 17.1 Å². The lowest BCUT2D eigenvalue weighted by atomic mass is 9.94. The van der Waals surface area contributed by atoms with Crippen molar-refractivity contribution in [3.63, 3.8) is 0 Å². The maximum Gasteiger partial charge on any atom is 0.294 e. The summed E-state index contributed by atoms with van der Waals surface area (Å²) in [5.74, 6) is -0.979. The molecule has 2 heterocycles. The third-order valence-corrected chi connectivity index (χ3v) is 6.39. The molecule has 4 aromatic rings. The van der Waals surface area contributed by atoms with Crippen molar-refractivity contribution < 1.29 is 28.6 Å². The number of rotatable bonds is 8. The summed E-state index contributed by atoms with van der Waals surface area (Å²) < 4.78 is 17.1. The van der Waals surface area contributed by atoms with Gasteiger partial charge in [-0.3, -0.25) is 14.5 Å². The maximum atomic E-state index is 13.8.